The fraction of sp³-hybridized carbons (Fsp3) is 0.412. The van der Waals surface area contributed by atoms with Gasteiger partial charge >= 0.3 is 0 Å². The number of piperidine rings is 1. The van der Waals surface area contributed by atoms with Gasteiger partial charge in [-0.1, -0.05) is 19.6 Å². The SMILES string of the molecule is C=C1CCC(CC(=O)c2cc(F)c(C)cc2CC)C(=O)N1. The molecule has 4 heteroatoms. The zero-order valence-corrected chi connectivity index (χ0v) is 12.5. The summed E-state index contributed by atoms with van der Waals surface area (Å²) in [4.78, 5) is 24.3. The molecule has 1 aliphatic rings. The van der Waals surface area contributed by atoms with Gasteiger partial charge in [0.25, 0.3) is 0 Å². The van der Waals surface area contributed by atoms with E-state index in [2.05, 4.69) is 11.9 Å². The molecule has 1 heterocycles. The van der Waals surface area contributed by atoms with Crippen LogP contribution in [0.5, 0.6) is 0 Å². The van der Waals surface area contributed by atoms with Gasteiger partial charge in [-0.3, -0.25) is 9.59 Å². The number of rotatable bonds is 4. The third-order valence-electron chi connectivity index (χ3n) is 3.96. The average Bonchev–Trinajstić information content (AvgIpc) is 2.44. The minimum absolute atomic E-state index is 0.120. The van der Waals surface area contributed by atoms with Crippen LogP contribution in [0.25, 0.3) is 0 Å². The van der Waals surface area contributed by atoms with Crippen molar-refractivity contribution >= 4 is 11.7 Å². The van der Waals surface area contributed by atoms with Gasteiger partial charge in [0, 0.05) is 23.6 Å². The molecule has 1 aromatic rings. The second kappa shape index (κ2) is 6.20. The molecule has 0 spiro atoms. The van der Waals surface area contributed by atoms with E-state index >= 15 is 0 Å². The highest BCUT2D eigenvalue weighted by Gasteiger charge is 2.27. The van der Waals surface area contributed by atoms with E-state index in [1.807, 2.05) is 6.92 Å². The van der Waals surface area contributed by atoms with Gasteiger partial charge in [0.2, 0.25) is 5.91 Å². The lowest BCUT2D eigenvalue weighted by Crippen LogP contribution is -2.35. The number of carbonyl (C=O) groups is 2. The molecule has 0 aliphatic carbocycles. The Bertz CT molecular complexity index is 607. The number of aryl methyl sites for hydroxylation is 2. The molecule has 2 rings (SSSR count). The van der Waals surface area contributed by atoms with E-state index < -0.39 is 0 Å². The Hall–Kier alpha value is -1.97. The van der Waals surface area contributed by atoms with Crippen LogP contribution in [0.1, 0.15) is 47.7 Å². The molecule has 3 nitrogen and oxygen atoms in total. The van der Waals surface area contributed by atoms with Crippen LogP contribution in [0.15, 0.2) is 24.4 Å². The number of Topliss-reactive ketones (excluding diaryl/α,β-unsaturated/α-hetero) is 1. The topological polar surface area (TPSA) is 46.2 Å². The number of halogens is 1. The molecule has 1 atom stereocenters. The van der Waals surface area contributed by atoms with Crippen LogP contribution in [0.4, 0.5) is 4.39 Å². The minimum atomic E-state index is -0.378. The summed E-state index contributed by atoms with van der Waals surface area (Å²) in [6.45, 7) is 7.33. The van der Waals surface area contributed by atoms with E-state index in [-0.39, 0.29) is 29.8 Å². The molecule has 1 saturated heterocycles. The van der Waals surface area contributed by atoms with Gasteiger partial charge in [-0.15, -0.1) is 0 Å². The smallest absolute Gasteiger partial charge is 0.227 e. The van der Waals surface area contributed by atoms with Crippen molar-refractivity contribution in [3.05, 3.63) is 46.9 Å². The van der Waals surface area contributed by atoms with E-state index in [1.54, 1.807) is 13.0 Å². The van der Waals surface area contributed by atoms with Crippen LogP contribution in [0.2, 0.25) is 0 Å². The first kappa shape index (κ1) is 15.4. The highest BCUT2D eigenvalue weighted by Crippen LogP contribution is 2.24. The van der Waals surface area contributed by atoms with Crippen molar-refractivity contribution in [1.29, 1.82) is 0 Å². The third kappa shape index (κ3) is 3.38. The van der Waals surface area contributed by atoms with Gasteiger partial charge in [0.1, 0.15) is 5.82 Å². The molecule has 0 bridgehead atoms. The van der Waals surface area contributed by atoms with Crippen molar-refractivity contribution in [3.63, 3.8) is 0 Å². The molecule has 1 fully saturated rings. The Balaban J connectivity index is 2.19. The monoisotopic (exact) mass is 289 g/mol. The van der Waals surface area contributed by atoms with E-state index in [1.165, 1.54) is 6.07 Å². The Morgan fingerprint density at radius 2 is 2.19 bits per heavy atom. The number of hydrogen-bond acceptors (Lipinski definition) is 2. The molecule has 1 amide bonds. The molecular formula is C17H20FNO2. The lowest BCUT2D eigenvalue weighted by Gasteiger charge is -2.23. The van der Waals surface area contributed by atoms with Crippen molar-refractivity contribution < 1.29 is 14.0 Å². The maximum atomic E-state index is 13.7. The molecule has 0 radical (unpaired) electrons. The zero-order chi connectivity index (χ0) is 15.6. The molecule has 112 valence electrons. The van der Waals surface area contributed by atoms with Crippen molar-refractivity contribution in [3.8, 4) is 0 Å². The van der Waals surface area contributed by atoms with Gasteiger partial charge in [-0.2, -0.15) is 0 Å². The van der Waals surface area contributed by atoms with Gasteiger partial charge in [0.05, 0.1) is 0 Å². The number of amides is 1. The van der Waals surface area contributed by atoms with Crippen molar-refractivity contribution in [2.75, 3.05) is 0 Å². The van der Waals surface area contributed by atoms with Gasteiger partial charge in [-0.05, 0) is 43.4 Å². The van der Waals surface area contributed by atoms with Gasteiger partial charge < -0.3 is 5.32 Å². The maximum absolute atomic E-state index is 13.7. The molecular weight excluding hydrogens is 269 g/mol. The lowest BCUT2D eigenvalue weighted by atomic mass is 9.88. The number of allylic oxidation sites excluding steroid dienone is 1. The maximum Gasteiger partial charge on any atom is 0.227 e. The van der Waals surface area contributed by atoms with Crippen molar-refractivity contribution in [2.45, 2.75) is 39.5 Å². The Kier molecular flexibility index (Phi) is 4.56. The summed E-state index contributed by atoms with van der Waals surface area (Å²) in [6, 6.07) is 3.02. The standard InChI is InChI=1S/C17H20FNO2/c1-4-12-7-10(2)15(18)9-14(12)16(20)8-13-6-5-11(3)19-17(13)21/h7,9,13H,3-6,8H2,1-2H3,(H,19,21). The molecule has 21 heavy (non-hydrogen) atoms. The highest BCUT2D eigenvalue weighted by atomic mass is 19.1. The van der Waals surface area contributed by atoms with E-state index in [0.29, 0.717) is 36.1 Å². The summed E-state index contributed by atoms with van der Waals surface area (Å²) in [7, 11) is 0. The summed E-state index contributed by atoms with van der Waals surface area (Å²) in [5.41, 5.74) is 2.46. The van der Waals surface area contributed by atoms with Gasteiger partial charge in [0.15, 0.2) is 5.78 Å². The molecule has 1 N–H and O–H groups in total. The molecule has 1 aliphatic heterocycles. The number of carbonyl (C=O) groups excluding carboxylic acids is 2. The summed E-state index contributed by atoms with van der Waals surface area (Å²) >= 11 is 0. The second-order valence-electron chi connectivity index (χ2n) is 5.57. The minimum Gasteiger partial charge on any atom is -0.330 e. The summed E-state index contributed by atoms with van der Waals surface area (Å²) < 4.78 is 13.7. The lowest BCUT2D eigenvalue weighted by molar-refractivity contribution is -0.125. The third-order valence-corrected chi connectivity index (χ3v) is 3.96. The Morgan fingerprint density at radius 1 is 1.48 bits per heavy atom. The predicted molar refractivity (Wildman–Crippen MR) is 79.5 cm³/mol. The normalized spacial score (nSPS) is 18.5. The van der Waals surface area contributed by atoms with E-state index in [4.69, 9.17) is 0 Å². The quantitative estimate of drug-likeness (QED) is 0.864. The summed E-state index contributed by atoms with van der Waals surface area (Å²) in [6.07, 6.45) is 2.09. The number of benzene rings is 1. The van der Waals surface area contributed by atoms with Crippen molar-refractivity contribution in [2.24, 2.45) is 5.92 Å². The van der Waals surface area contributed by atoms with Gasteiger partial charge in [-0.25, -0.2) is 4.39 Å². The van der Waals surface area contributed by atoms with E-state index in [9.17, 15) is 14.0 Å². The number of hydrogen-bond donors (Lipinski definition) is 1. The summed E-state index contributed by atoms with van der Waals surface area (Å²) in [5, 5.41) is 2.68. The molecule has 1 aromatic carbocycles. The largest absolute Gasteiger partial charge is 0.330 e. The van der Waals surface area contributed by atoms with Crippen LogP contribution >= 0.6 is 0 Å². The molecule has 1 unspecified atom stereocenters. The highest BCUT2D eigenvalue weighted by molar-refractivity contribution is 6.00. The second-order valence-corrected chi connectivity index (χ2v) is 5.57. The first-order valence-corrected chi connectivity index (χ1v) is 7.23. The van der Waals surface area contributed by atoms with E-state index in [0.717, 1.165) is 5.56 Å². The fourth-order valence-electron chi connectivity index (χ4n) is 2.64. The number of nitrogens with one attached hydrogen (secondary N) is 1. The summed E-state index contributed by atoms with van der Waals surface area (Å²) in [5.74, 6) is -1.06. The predicted octanol–water partition coefficient (Wildman–Crippen LogP) is 3.31. The number of ketones is 1. The fourth-order valence-corrected chi connectivity index (χ4v) is 2.64. The van der Waals surface area contributed by atoms with Crippen molar-refractivity contribution in [1.82, 2.24) is 5.32 Å². The first-order chi connectivity index (χ1) is 9.92. The first-order valence-electron chi connectivity index (χ1n) is 7.23. The van der Waals surface area contributed by atoms with Crippen LogP contribution in [-0.4, -0.2) is 11.7 Å². The van der Waals surface area contributed by atoms with Crippen LogP contribution in [-0.2, 0) is 11.2 Å². The molecule has 0 aromatic heterocycles. The van der Waals surface area contributed by atoms with Crippen LogP contribution < -0.4 is 5.32 Å². The van der Waals surface area contributed by atoms with Crippen LogP contribution in [0, 0.1) is 18.7 Å². The zero-order valence-electron chi connectivity index (χ0n) is 12.5. The molecule has 0 saturated carbocycles. The Labute approximate surface area is 124 Å². The van der Waals surface area contributed by atoms with Crippen LogP contribution in [0.3, 0.4) is 0 Å². The average molecular weight is 289 g/mol. The Morgan fingerprint density at radius 3 is 2.81 bits per heavy atom.